The van der Waals surface area contributed by atoms with Crippen LogP contribution in [-0.4, -0.2) is 26.6 Å². The minimum Gasteiger partial charge on any atom is -0.382 e. The topological polar surface area (TPSA) is 112 Å². The van der Waals surface area contributed by atoms with Crippen LogP contribution in [-0.2, 0) is 6.54 Å². The summed E-state index contributed by atoms with van der Waals surface area (Å²) in [6.07, 6.45) is 3.57. The molecule has 0 saturated carbocycles. The smallest absolute Gasteiger partial charge is 0.255 e. The molecule has 0 saturated heterocycles. The number of amides is 1. The van der Waals surface area contributed by atoms with Gasteiger partial charge >= 0.3 is 0 Å². The van der Waals surface area contributed by atoms with E-state index in [1.54, 1.807) is 10.9 Å². The number of carbonyl (C=O) groups excluding carboxylic acids is 1. The number of rotatable bonds is 5. The largest absolute Gasteiger partial charge is 0.382 e. The Morgan fingerprint density at radius 3 is 3.06 bits per heavy atom. The van der Waals surface area contributed by atoms with Crippen molar-refractivity contribution in [2.75, 3.05) is 17.6 Å². The summed E-state index contributed by atoms with van der Waals surface area (Å²) in [6, 6.07) is 1.85. The molecule has 0 spiro atoms. The van der Waals surface area contributed by atoms with Crippen LogP contribution >= 0.6 is 11.5 Å². The van der Waals surface area contributed by atoms with Gasteiger partial charge in [-0.25, -0.2) is 0 Å². The molecule has 0 unspecified atom stereocenters. The maximum Gasteiger partial charge on any atom is 0.255 e. The Labute approximate surface area is 102 Å². The van der Waals surface area contributed by atoms with Crippen LogP contribution in [0.1, 0.15) is 10.4 Å². The fraction of sp³-hybridized carbons (Fsp3) is 0.222. The SMILES string of the molecule is NC(=O)c1c(N)nsc1NCCn1cccn1. The van der Waals surface area contributed by atoms with Gasteiger partial charge in [0, 0.05) is 18.9 Å². The molecule has 5 N–H and O–H groups in total. The van der Waals surface area contributed by atoms with Crippen molar-refractivity contribution >= 4 is 28.3 Å². The van der Waals surface area contributed by atoms with Crippen molar-refractivity contribution in [2.24, 2.45) is 5.73 Å². The molecule has 2 rings (SSSR count). The van der Waals surface area contributed by atoms with Crippen LogP contribution in [0.2, 0.25) is 0 Å². The predicted octanol–water partition coefficient (Wildman–Crippen LogP) is 0.133. The van der Waals surface area contributed by atoms with Gasteiger partial charge < -0.3 is 16.8 Å². The van der Waals surface area contributed by atoms with Crippen molar-refractivity contribution in [3.8, 4) is 0 Å². The third-order valence-electron chi connectivity index (χ3n) is 2.15. The highest BCUT2D eigenvalue weighted by molar-refractivity contribution is 7.11. The summed E-state index contributed by atoms with van der Waals surface area (Å²) in [4.78, 5) is 11.1. The summed E-state index contributed by atoms with van der Waals surface area (Å²) >= 11 is 1.13. The molecule has 0 radical (unpaired) electrons. The third kappa shape index (κ3) is 2.53. The molecule has 2 heterocycles. The van der Waals surface area contributed by atoms with E-state index in [0.717, 1.165) is 11.5 Å². The summed E-state index contributed by atoms with van der Waals surface area (Å²) in [7, 11) is 0. The molecule has 2 aromatic rings. The third-order valence-corrected chi connectivity index (χ3v) is 2.97. The van der Waals surface area contributed by atoms with E-state index >= 15 is 0 Å². The molecule has 0 aliphatic heterocycles. The number of hydrogen-bond donors (Lipinski definition) is 3. The molecule has 7 nitrogen and oxygen atoms in total. The second-order valence-electron chi connectivity index (χ2n) is 3.33. The first-order valence-electron chi connectivity index (χ1n) is 4.94. The molecule has 0 aromatic carbocycles. The van der Waals surface area contributed by atoms with Crippen LogP contribution in [0.25, 0.3) is 0 Å². The summed E-state index contributed by atoms with van der Waals surface area (Å²) in [6.45, 7) is 1.30. The first-order chi connectivity index (χ1) is 8.18. The Bertz CT molecular complexity index is 506. The maximum atomic E-state index is 11.1. The summed E-state index contributed by atoms with van der Waals surface area (Å²) in [5.41, 5.74) is 11.0. The molecule has 8 heteroatoms. The lowest BCUT2D eigenvalue weighted by atomic mass is 10.3. The van der Waals surface area contributed by atoms with E-state index < -0.39 is 5.91 Å². The standard InChI is InChI=1S/C9H12N6OS/c10-7-6(8(11)16)9(17-14-7)12-3-5-15-4-1-2-13-15/h1-2,4,12H,3,5H2,(H2,10,14)(H2,11,16). The average Bonchev–Trinajstić information content (AvgIpc) is 2.88. The fourth-order valence-electron chi connectivity index (χ4n) is 1.38. The van der Waals surface area contributed by atoms with E-state index in [9.17, 15) is 4.79 Å². The predicted molar refractivity (Wildman–Crippen MR) is 65.8 cm³/mol. The van der Waals surface area contributed by atoms with Crippen molar-refractivity contribution in [2.45, 2.75) is 6.54 Å². The van der Waals surface area contributed by atoms with Crippen molar-refractivity contribution < 1.29 is 4.79 Å². The van der Waals surface area contributed by atoms with E-state index in [4.69, 9.17) is 11.5 Å². The lowest BCUT2D eigenvalue weighted by Crippen LogP contribution is -2.16. The van der Waals surface area contributed by atoms with Crippen LogP contribution in [0.3, 0.4) is 0 Å². The van der Waals surface area contributed by atoms with E-state index in [-0.39, 0.29) is 11.4 Å². The van der Waals surface area contributed by atoms with Gasteiger partial charge in [0.25, 0.3) is 5.91 Å². The normalized spacial score (nSPS) is 10.4. The summed E-state index contributed by atoms with van der Waals surface area (Å²) in [5.74, 6) is -0.401. The highest BCUT2D eigenvalue weighted by Crippen LogP contribution is 2.25. The van der Waals surface area contributed by atoms with Gasteiger partial charge in [0.05, 0.1) is 6.54 Å². The zero-order valence-electron chi connectivity index (χ0n) is 8.96. The van der Waals surface area contributed by atoms with Crippen LogP contribution in [0.15, 0.2) is 18.5 Å². The number of nitrogens with one attached hydrogen (secondary N) is 1. The quantitative estimate of drug-likeness (QED) is 0.700. The van der Waals surface area contributed by atoms with Gasteiger partial charge in [0.2, 0.25) is 0 Å². The van der Waals surface area contributed by atoms with Crippen LogP contribution in [0.4, 0.5) is 10.8 Å². The second kappa shape index (κ2) is 4.83. The van der Waals surface area contributed by atoms with E-state index in [0.29, 0.717) is 18.1 Å². The number of nitrogen functional groups attached to an aromatic ring is 1. The summed E-state index contributed by atoms with van der Waals surface area (Å²) in [5, 5.41) is 7.73. The van der Waals surface area contributed by atoms with Gasteiger partial charge in [0.15, 0.2) is 5.82 Å². The minimum atomic E-state index is -0.571. The number of carbonyl (C=O) groups is 1. The number of aromatic nitrogens is 3. The highest BCUT2D eigenvalue weighted by atomic mass is 32.1. The Hall–Kier alpha value is -2.09. The first kappa shape index (κ1) is 11.4. The van der Waals surface area contributed by atoms with Crippen LogP contribution in [0, 0.1) is 0 Å². The molecule has 0 aliphatic rings. The molecular weight excluding hydrogens is 240 g/mol. The number of primary amides is 1. The van der Waals surface area contributed by atoms with Crippen LogP contribution < -0.4 is 16.8 Å². The van der Waals surface area contributed by atoms with Gasteiger partial charge in [-0.05, 0) is 17.6 Å². The van der Waals surface area contributed by atoms with E-state index in [1.807, 2.05) is 12.3 Å². The van der Waals surface area contributed by atoms with Gasteiger partial charge in [-0.3, -0.25) is 9.48 Å². The molecule has 2 aromatic heterocycles. The second-order valence-corrected chi connectivity index (χ2v) is 4.11. The molecule has 90 valence electrons. The molecular formula is C9H12N6OS. The number of anilines is 2. The molecule has 17 heavy (non-hydrogen) atoms. The molecule has 1 amide bonds. The van der Waals surface area contributed by atoms with Crippen molar-refractivity contribution in [1.82, 2.24) is 14.2 Å². The average molecular weight is 252 g/mol. The Kier molecular flexibility index (Phi) is 3.24. The number of nitrogens with two attached hydrogens (primary N) is 2. The van der Waals surface area contributed by atoms with Gasteiger partial charge in [-0.15, -0.1) is 0 Å². The monoisotopic (exact) mass is 252 g/mol. The lowest BCUT2D eigenvalue weighted by Gasteiger charge is -2.05. The number of hydrogen-bond acceptors (Lipinski definition) is 6. The van der Waals surface area contributed by atoms with Crippen molar-refractivity contribution in [3.05, 3.63) is 24.0 Å². The first-order valence-corrected chi connectivity index (χ1v) is 5.72. The highest BCUT2D eigenvalue weighted by Gasteiger charge is 2.15. The van der Waals surface area contributed by atoms with Gasteiger partial charge in [0.1, 0.15) is 10.6 Å². The van der Waals surface area contributed by atoms with E-state index in [1.165, 1.54) is 0 Å². The van der Waals surface area contributed by atoms with Gasteiger partial charge in [-0.2, -0.15) is 9.47 Å². The van der Waals surface area contributed by atoms with E-state index in [2.05, 4.69) is 14.8 Å². The van der Waals surface area contributed by atoms with Crippen LogP contribution in [0.5, 0.6) is 0 Å². The van der Waals surface area contributed by atoms with Crippen molar-refractivity contribution in [3.63, 3.8) is 0 Å². The summed E-state index contributed by atoms with van der Waals surface area (Å²) < 4.78 is 5.67. The zero-order chi connectivity index (χ0) is 12.3. The zero-order valence-corrected chi connectivity index (χ0v) is 9.78. The fourth-order valence-corrected chi connectivity index (χ4v) is 2.12. The molecule has 0 atom stereocenters. The maximum absolute atomic E-state index is 11.1. The van der Waals surface area contributed by atoms with Gasteiger partial charge in [-0.1, -0.05) is 0 Å². The Balaban J connectivity index is 1.97. The Morgan fingerprint density at radius 1 is 1.59 bits per heavy atom. The Morgan fingerprint density at radius 2 is 2.41 bits per heavy atom. The molecule has 0 bridgehead atoms. The molecule has 0 aliphatic carbocycles. The minimum absolute atomic E-state index is 0.170. The number of nitrogens with zero attached hydrogens (tertiary/aromatic N) is 3. The molecule has 0 fully saturated rings. The lowest BCUT2D eigenvalue weighted by molar-refractivity contribution is 0.100. The van der Waals surface area contributed by atoms with Crippen molar-refractivity contribution in [1.29, 1.82) is 0 Å².